The minimum atomic E-state index is -3.36. The molecule has 4 N–H and O–H groups in total. The predicted octanol–water partition coefficient (Wildman–Crippen LogP) is 0.383. The highest BCUT2D eigenvalue weighted by Gasteiger charge is 2.50. The first-order valence-corrected chi connectivity index (χ1v) is 16.2. The zero-order chi connectivity index (χ0) is 36.8. The van der Waals surface area contributed by atoms with Gasteiger partial charge in [0, 0.05) is 13.1 Å². The summed E-state index contributed by atoms with van der Waals surface area (Å²) in [7, 11) is 0. The van der Waals surface area contributed by atoms with Crippen LogP contribution < -0.4 is 21.3 Å². The van der Waals surface area contributed by atoms with Gasteiger partial charge in [-0.2, -0.15) is 17.6 Å². The Hall–Kier alpha value is -3.71. The van der Waals surface area contributed by atoms with Crippen molar-refractivity contribution in [1.82, 2.24) is 26.2 Å². The smallest absolute Gasteiger partial charge is 0.345 e. The van der Waals surface area contributed by atoms with E-state index in [0.717, 1.165) is 0 Å². The number of hydrogen-bond donors (Lipinski definition) is 4. The van der Waals surface area contributed by atoms with E-state index in [1.165, 1.54) is 6.92 Å². The number of ether oxygens (including phenoxy) is 4. The molecule has 0 radical (unpaired) electrons. The van der Waals surface area contributed by atoms with E-state index >= 15 is 0 Å². The van der Waals surface area contributed by atoms with Crippen molar-refractivity contribution in [2.45, 2.75) is 76.6 Å². The summed E-state index contributed by atoms with van der Waals surface area (Å²) in [5, 5.41) is 9.47. The van der Waals surface area contributed by atoms with Crippen molar-refractivity contribution in [1.29, 1.82) is 0 Å². The molecule has 1 aromatic rings. The van der Waals surface area contributed by atoms with Crippen molar-refractivity contribution in [3.05, 3.63) is 35.9 Å². The summed E-state index contributed by atoms with van der Waals surface area (Å²) in [5.74, 6) is -4.41. The summed E-state index contributed by atoms with van der Waals surface area (Å²) in [6.07, 6.45) is 0.105. The SMILES string of the molecule is CC(C)CC(NC(=O)CN1CCOCC1)C(=O)N[C@@H](COC(F)F)C(=O)N[C@@H](COC(F)F)C(=O)N[C@@H](Cc1ccccc1)C(=O)[C@@]1(C)CO1. The van der Waals surface area contributed by atoms with Crippen LogP contribution in [0.5, 0.6) is 0 Å². The minimum Gasteiger partial charge on any atom is -0.379 e. The molecule has 50 heavy (non-hydrogen) atoms. The number of halogens is 4. The number of amides is 4. The van der Waals surface area contributed by atoms with E-state index in [2.05, 4.69) is 30.7 Å². The Morgan fingerprint density at radius 1 is 0.800 bits per heavy atom. The molecule has 0 bridgehead atoms. The molecule has 2 aliphatic rings. The van der Waals surface area contributed by atoms with E-state index in [1.807, 2.05) is 4.90 Å². The number of carbonyl (C=O) groups excluding carboxylic acids is 5. The predicted molar refractivity (Wildman–Crippen MR) is 168 cm³/mol. The fourth-order valence-corrected chi connectivity index (χ4v) is 5.10. The van der Waals surface area contributed by atoms with E-state index in [0.29, 0.717) is 31.9 Å². The second kappa shape index (κ2) is 19.6. The first-order chi connectivity index (χ1) is 23.7. The van der Waals surface area contributed by atoms with Gasteiger partial charge in [-0.3, -0.25) is 28.9 Å². The van der Waals surface area contributed by atoms with E-state index in [1.54, 1.807) is 44.2 Å². The van der Waals surface area contributed by atoms with Gasteiger partial charge in [0.25, 0.3) is 0 Å². The molecule has 2 saturated heterocycles. The molecular formula is C32H45F4N5O9. The molecule has 0 aromatic heterocycles. The number of nitrogens with one attached hydrogen (secondary N) is 4. The van der Waals surface area contributed by atoms with Gasteiger partial charge in [-0.1, -0.05) is 44.2 Å². The molecule has 0 spiro atoms. The molecule has 1 unspecified atom stereocenters. The van der Waals surface area contributed by atoms with E-state index in [9.17, 15) is 41.5 Å². The highest BCUT2D eigenvalue weighted by molar-refractivity contribution is 5.99. The largest absolute Gasteiger partial charge is 0.379 e. The van der Waals surface area contributed by atoms with Gasteiger partial charge < -0.3 is 40.2 Å². The highest BCUT2D eigenvalue weighted by atomic mass is 19.3. The van der Waals surface area contributed by atoms with Gasteiger partial charge in [-0.15, -0.1) is 0 Å². The lowest BCUT2D eigenvalue weighted by molar-refractivity contribution is -0.154. The number of nitrogens with zero attached hydrogens (tertiary/aromatic N) is 1. The number of Topliss-reactive ketones (excluding diaryl/α,β-unsaturated/α-hetero) is 1. The van der Waals surface area contributed by atoms with Gasteiger partial charge in [0.15, 0.2) is 5.78 Å². The number of rotatable bonds is 21. The highest BCUT2D eigenvalue weighted by Crippen LogP contribution is 2.29. The average molecular weight is 720 g/mol. The van der Waals surface area contributed by atoms with E-state index in [4.69, 9.17) is 9.47 Å². The van der Waals surface area contributed by atoms with Crippen molar-refractivity contribution in [2.75, 3.05) is 52.7 Å². The van der Waals surface area contributed by atoms with Crippen LogP contribution in [0.3, 0.4) is 0 Å². The molecule has 2 heterocycles. The van der Waals surface area contributed by atoms with Crippen LogP contribution in [0, 0.1) is 5.92 Å². The molecule has 2 fully saturated rings. The normalized spacial score (nSPS) is 20.1. The first-order valence-electron chi connectivity index (χ1n) is 16.2. The van der Waals surface area contributed by atoms with Crippen molar-refractivity contribution in [2.24, 2.45) is 5.92 Å². The monoisotopic (exact) mass is 719 g/mol. The number of alkyl halides is 4. The second-order valence-corrected chi connectivity index (χ2v) is 12.6. The number of ketones is 1. The Morgan fingerprint density at radius 3 is 1.78 bits per heavy atom. The molecule has 3 rings (SSSR count). The third-order valence-corrected chi connectivity index (χ3v) is 7.89. The molecule has 1 aromatic carbocycles. The van der Waals surface area contributed by atoms with Crippen LogP contribution >= 0.6 is 0 Å². The molecule has 0 aliphatic carbocycles. The van der Waals surface area contributed by atoms with Crippen molar-refractivity contribution in [3.8, 4) is 0 Å². The number of epoxide rings is 1. The molecule has 14 nitrogen and oxygen atoms in total. The van der Waals surface area contributed by atoms with E-state index in [-0.39, 0.29) is 31.9 Å². The van der Waals surface area contributed by atoms with Crippen LogP contribution in [0.1, 0.15) is 32.8 Å². The van der Waals surface area contributed by atoms with Crippen molar-refractivity contribution in [3.63, 3.8) is 0 Å². The van der Waals surface area contributed by atoms with Gasteiger partial charge in [0.2, 0.25) is 23.6 Å². The summed E-state index contributed by atoms with van der Waals surface area (Å²) in [6.45, 7) is -1.90. The van der Waals surface area contributed by atoms with Gasteiger partial charge >= 0.3 is 13.2 Å². The Bertz CT molecular complexity index is 1280. The summed E-state index contributed by atoms with van der Waals surface area (Å²) < 4.78 is 71.4. The van der Waals surface area contributed by atoms with Gasteiger partial charge in [0.1, 0.15) is 23.7 Å². The summed E-state index contributed by atoms with van der Waals surface area (Å²) in [4.78, 5) is 68.0. The van der Waals surface area contributed by atoms with E-state index < -0.39 is 85.6 Å². The maximum Gasteiger partial charge on any atom is 0.345 e. The van der Waals surface area contributed by atoms with Crippen LogP contribution in [0.4, 0.5) is 17.6 Å². The van der Waals surface area contributed by atoms with Crippen LogP contribution in [0.25, 0.3) is 0 Å². The Kier molecular flexibility index (Phi) is 16.0. The number of benzene rings is 1. The maximum absolute atomic E-state index is 13.4. The number of carbonyl (C=O) groups is 5. The van der Waals surface area contributed by atoms with Gasteiger partial charge in [-0.25, -0.2) is 0 Å². The quantitative estimate of drug-likeness (QED) is 0.103. The summed E-state index contributed by atoms with van der Waals surface area (Å²) >= 11 is 0. The van der Waals surface area contributed by atoms with Crippen molar-refractivity contribution < 1.29 is 60.5 Å². The fraction of sp³-hybridized carbons (Fsp3) is 0.656. The standard InChI is InChI=1S/C32H45F4N5O9/c1-19(2)13-22(37-25(42)15-41-9-11-47-12-10-41)27(44)39-24(17-49-31(35)36)29(46)40-23(16-48-30(33)34)28(45)38-21(26(43)32(3)18-50-32)14-20-7-5-4-6-8-20/h4-8,19,21-24,30-31H,9-18H2,1-3H3,(H,37,42)(H,38,45)(H,39,44)(H,40,46)/t21-,22?,23-,24-,32+/m0/s1. The third-order valence-electron chi connectivity index (χ3n) is 7.89. The Morgan fingerprint density at radius 2 is 1.30 bits per heavy atom. The molecule has 4 amide bonds. The topological polar surface area (TPSA) is 177 Å². The second-order valence-electron chi connectivity index (χ2n) is 12.6. The van der Waals surface area contributed by atoms with Crippen LogP contribution in [0.2, 0.25) is 0 Å². The van der Waals surface area contributed by atoms with Crippen molar-refractivity contribution >= 4 is 29.4 Å². The molecule has 280 valence electrons. The van der Waals surface area contributed by atoms with Gasteiger partial charge in [0.05, 0.1) is 45.6 Å². The molecular weight excluding hydrogens is 674 g/mol. The van der Waals surface area contributed by atoms with Crippen LogP contribution in [0.15, 0.2) is 30.3 Å². The number of morpholine rings is 1. The molecule has 2 aliphatic heterocycles. The number of hydrogen-bond acceptors (Lipinski definition) is 10. The lowest BCUT2D eigenvalue weighted by atomic mass is 9.94. The zero-order valence-corrected chi connectivity index (χ0v) is 28.1. The lowest BCUT2D eigenvalue weighted by Gasteiger charge is -2.28. The fourth-order valence-electron chi connectivity index (χ4n) is 5.10. The minimum absolute atomic E-state index is 0.00383. The first kappa shape index (κ1) is 40.7. The zero-order valence-electron chi connectivity index (χ0n) is 28.1. The molecule has 18 heteroatoms. The third kappa shape index (κ3) is 13.9. The molecule has 0 saturated carbocycles. The maximum atomic E-state index is 13.4. The Balaban J connectivity index is 1.76. The van der Waals surface area contributed by atoms with Crippen LogP contribution in [-0.2, 0) is 49.3 Å². The lowest BCUT2D eigenvalue weighted by Crippen LogP contribution is -2.60. The summed E-state index contributed by atoms with van der Waals surface area (Å²) in [6, 6.07) is 2.43. The van der Waals surface area contributed by atoms with Crippen LogP contribution in [-0.4, -0.2) is 130 Å². The van der Waals surface area contributed by atoms with Gasteiger partial charge in [-0.05, 0) is 31.2 Å². The Labute approximate surface area is 287 Å². The average Bonchev–Trinajstić information content (AvgIpc) is 3.82. The molecule has 5 atom stereocenters. The summed E-state index contributed by atoms with van der Waals surface area (Å²) in [5.41, 5.74) is -0.531.